The summed E-state index contributed by atoms with van der Waals surface area (Å²) in [5.74, 6) is 0. The van der Waals surface area contributed by atoms with Crippen LogP contribution in [-0.2, 0) is 14.0 Å². The lowest BCUT2D eigenvalue weighted by Gasteiger charge is -2.15. The second-order valence-electron chi connectivity index (χ2n) is 2.04. The first-order valence-electron chi connectivity index (χ1n) is 3.51. The van der Waals surface area contributed by atoms with E-state index in [1.54, 1.807) is 13.8 Å². The minimum atomic E-state index is -2.45. The van der Waals surface area contributed by atoms with E-state index in [1.165, 1.54) is 6.92 Å². The quantitative estimate of drug-likeness (QED) is 0.515. The molecule has 11 heavy (non-hydrogen) atoms. The van der Waals surface area contributed by atoms with E-state index < -0.39 is 13.6 Å². The molecular weight excluding hydrogens is 167 g/mol. The summed E-state index contributed by atoms with van der Waals surface area (Å²) in [6.45, 7) is 5.67. The van der Waals surface area contributed by atoms with Gasteiger partial charge in [0.2, 0.25) is 0 Å². The fraction of sp³-hybridized carbons (Fsp3) is 1.00. The highest BCUT2D eigenvalue weighted by atomic mass is 31.1. The van der Waals surface area contributed by atoms with E-state index in [2.05, 4.69) is 0 Å². The minimum absolute atomic E-state index is 0.359. The monoisotopic (exact) mass is 181 g/mol. The average molecular weight is 181 g/mol. The van der Waals surface area contributed by atoms with Crippen molar-refractivity contribution < 1.29 is 18.9 Å². The number of hydrogen-bond acceptors (Lipinski definition) is 3. The van der Waals surface area contributed by atoms with Crippen molar-refractivity contribution in [2.24, 2.45) is 0 Å². The van der Waals surface area contributed by atoms with Crippen LogP contribution in [0.2, 0.25) is 0 Å². The van der Waals surface area contributed by atoms with Crippen LogP contribution in [-0.4, -0.2) is 23.6 Å². The summed E-state index contributed by atoms with van der Waals surface area (Å²) in [4.78, 5) is 8.79. The molecule has 0 bridgehead atoms. The van der Waals surface area contributed by atoms with Crippen LogP contribution in [0.5, 0.6) is 0 Å². The first-order chi connectivity index (χ1) is 5.06. The van der Waals surface area contributed by atoms with Gasteiger partial charge in [0.05, 0.1) is 13.2 Å². The molecule has 4 nitrogen and oxygen atoms in total. The van der Waals surface area contributed by atoms with Crippen molar-refractivity contribution in [1.82, 2.24) is 0 Å². The van der Waals surface area contributed by atoms with Crippen molar-refractivity contribution in [1.29, 1.82) is 0 Å². The molecule has 0 aromatic carbocycles. The van der Waals surface area contributed by atoms with Gasteiger partial charge < -0.3 is 9.47 Å². The Morgan fingerprint density at radius 2 is 1.73 bits per heavy atom. The smallest absolute Gasteiger partial charge is 0.308 e. The van der Waals surface area contributed by atoms with Crippen LogP contribution in [0.15, 0.2) is 0 Å². The van der Waals surface area contributed by atoms with E-state index in [9.17, 15) is 4.57 Å². The number of hydrogen-bond donors (Lipinski definition) is 1. The zero-order valence-electron chi connectivity index (χ0n) is 7.03. The van der Waals surface area contributed by atoms with E-state index in [0.717, 1.165) is 0 Å². The maximum atomic E-state index is 10.7. The van der Waals surface area contributed by atoms with Crippen LogP contribution in [0, 0.1) is 0 Å². The van der Waals surface area contributed by atoms with Crippen molar-refractivity contribution in [2.45, 2.75) is 26.3 Å². The maximum absolute atomic E-state index is 10.7. The van der Waals surface area contributed by atoms with Crippen molar-refractivity contribution in [3.8, 4) is 0 Å². The van der Waals surface area contributed by atoms with Gasteiger partial charge in [-0.25, -0.2) is 0 Å². The molecular formula is C6H14O4P+. The van der Waals surface area contributed by atoms with Crippen LogP contribution < -0.4 is 0 Å². The molecule has 0 aliphatic carbocycles. The predicted molar refractivity (Wildman–Crippen MR) is 41.5 cm³/mol. The average Bonchev–Trinajstić information content (AvgIpc) is 1.88. The highest BCUT2D eigenvalue weighted by Gasteiger charge is 2.47. The second kappa shape index (κ2) is 4.78. The molecule has 0 saturated carbocycles. The van der Waals surface area contributed by atoms with Crippen molar-refractivity contribution in [3.05, 3.63) is 0 Å². The molecule has 0 spiro atoms. The molecule has 1 atom stereocenters. The molecule has 0 aromatic rings. The zero-order valence-corrected chi connectivity index (χ0v) is 7.93. The Kier molecular flexibility index (Phi) is 4.77. The zero-order chi connectivity index (χ0) is 8.91. The van der Waals surface area contributed by atoms with E-state index in [-0.39, 0.29) is 0 Å². The van der Waals surface area contributed by atoms with Gasteiger partial charge in [-0.3, -0.25) is 0 Å². The Hall–Kier alpha value is -0.0200. The summed E-state index contributed by atoms with van der Waals surface area (Å²) in [5.41, 5.74) is -1.33. The van der Waals surface area contributed by atoms with E-state index >= 15 is 0 Å². The highest BCUT2D eigenvalue weighted by molar-refractivity contribution is 7.39. The minimum Gasteiger partial charge on any atom is -0.308 e. The van der Waals surface area contributed by atoms with Gasteiger partial charge in [0, 0.05) is 6.92 Å². The molecule has 66 valence electrons. The molecule has 0 aliphatic rings. The van der Waals surface area contributed by atoms with E-state index in [4.69, 9.17) is 14.4 Å². The van der Waals surface area contributed by atoms with E-state index in [0.29, 0.717) is 13.2 Å². The lowest BCUT2D eigenvalue weighted by atomic mass is 10.7. The molecule has 1 N–H and O–H groups in total. The molecule has 0 aromatic heterocycles. The SMILES string of the molecule is CCOC(C)(OCC)[P+](=O)O. The van der Waals surface area contributed by atoms with E-state index in [1.807, 2.05) is 0 Å². The number of ether oxygens (including phenoxy) is 2. The van der Waals surface area contributed by atoms with Crippen molar-refractivity contribution in [2.75, 3.05) is 13.2 Å². The Morgan fingerprint density at radius 3 is 1.91 bits per heavy atom. The summed E-state index contributed by atoms with van der Waals surface area (Å²) < 4.78 is 20.7. The third kappa shape index (κ3) is 3.25. The van der Waals surface area contributed by atoms with Gasteiger partial charge in [-0.15, -0.1) is 0 Å². The van der Waals surface area contributed by atoms with Crippen molar-refractivity contribution in [3.63, 3.8) is 0 Å². The Morgan fingerprint density at radius 1 is 1.36 bits per heavy atom. The molecule has 0 heterocycles. The molecule has 0 fully saturated rings. The predicted octanol–water partition coefficient (Wildman–Crippen LogP) is 1.47. The first kappa shape index (κ1) is 11.0. The van der Waals surface area contributed by atoms with Gasteiger partial charge in [0.15, 0.2) is 0 Å². The van der Waals surface area contributed by atoms with Crippen LogP contribution in [0.25, 0.3) is 0 Å². The van der Waals surface area contributed by atoms with Gasteiger partial charge in [-0.2, -0.15) is 4.89 Å². The van der Waals surface area contributed by atoms with Crippen LogP contribution >= 0.6 is 8.03 Å². The summed E-state index contributed by atoms with van der Waals surface area (Å²) in [7, 11) is -2.45. The van der Waals surface area contributed by atoms with Gasteiger partial charge in [0.25, 0.3) is 0 Å². The normalized spacial score (nSPS) is 13.3. The Balaban J connectivity index is 4.13. The summed E-state index contributed by atoms with van der Waals surface area (Å²) >= 11 is 0. The van der Waals surface area contributed by atoms with Gasteiger partial charge >= 0.3 is 13.6 Å². The molecule has 0 amide bonds. The summed E-state index contributed by atoms with van der Waals surface area (Å²) in [6.07, 6.45) is 0. The lowest BCUT2D eigenvalue weighted by molar-refractivity contribution is -0.163. The third-order valence-corrected chi connectivity index (χ3v) is 2.12. The topological polar surface area (TPSA) is 55.8 Å². The van der Waals surface area contributed by atoms with Gasteiger partial charge in [-0.05, 0) is 18.4 Å². The molecule has 0 rings (SSSR count). The molecule has 5 heteroatoms. The van der Waals surface area contributed by atoms with Gasteiger partial charge in [0.1, 0.15) is 0 Å². The summed E-state index contributed by atoms with van der Waals surface area (Å²) in [5, 5.41) is 0. The highest BCUT2D eigenvalue weighted by Crippen LogP contribution is 2.36. The second-order valence-corrected chi connectivity index (χ2v) is 3.39. The lowest BCUT2D eigenvalue weighted by Crippen LogP contribution is -2.28. The first-order valence-corrected chi connectivity index (χ1v) is 4.72. The molecule has 0 radical (unpaired) electrons. The Labute approximate surface area is 67.4 Å². The molecule has 0 saturated heterocycles. The standard InChI is InChI=1S/C6H13O4P/c1-4-9-6(3,10-5-2)11(7)8/h4-5H2,1-3H3/p+1. The molecule has 0 aliphatic heterocycles. The maximum Gasteiger partial charge on any atom is 0.572 e. The molecule has 1 unspecified atom stereocenters. The summed E-state index contributed by atoms with van der Waals surface area (Å²) in [6, 6.07) is 0. The fourth-order valence-corrected chi connectivity index (χ4v) is 1.17. The third-order valence-electron chi connectivity index (χ3n) is 1.17. The van der Waals surface area contributed by atoms with Crippen LogP contribution in [0.3, 0.4) is 0 Å². The van der Waals surface area contributed by atoms with Crippen LogP contribution in [0.4, 0.5) is 0 Å². The largest absolute Gasteiger partial charge is 0.572 e. The Bertz CT molecular complexity index is 131. The number of rotatable bonds is 5. The van der Waals surface area contributed by atoms with Crippen LogP contribution in [0.1, 0.15) is 20.8 Å². The van der Waals surface area contributed by atoms with Gasteiger partial charge in [-0.1, -0.05) is 0 Å². The fourth-order valence-electron chi connectivity index (χ4n) is 0.688. The van der Waals surface area contributed by atoms with Crippen molar-refractivity contribution >= 4 is 8.03 Å².